The van der Waals surface area contributed by atoms with E-state index in [1.807, 2.05) is 25.1 Å². The molecule has 0 amide bonds. The molecule has 4 heteroatoms. The highest BCUT2D eigenvalue weighted by Gasteiger charge is 2.14. The van der Waals surface area contributed by atoms with Gasteiger partial charge in [0.2, 0.25) is 0 Å². The molecule has 1 aromatic carbocycles. The van der Waals surface area contributed by atoms with Gasteiger partial charge in [-0.3, -0.25) is 9.59 Å². The van der Waals surface area contributed by atoms with Crippen LogP contribution in [0.4, 0.5) is 0 Å². The van der Waals surface area contributed by atoms with Crippen molar-refractivity contribution in [3.8, 4) is 0 Å². The summed E-state index contributed by atoms with van der Waals surface area (Å²) >= 11 is 3.34. The quantitative estimate of drug-likeness (QED) is 0.619. The van der Waals surface area contributed by atoms with Crippen LogP contribution in [0.15, 0.2) is 18.2 Å². The number of rotatable bonds is 5. The summed E-state index contributed by atoms with van der Waals surface area (Å²) in [5, 5.41) is 0. The second-order valence-corrected chi connectivity index (χ2v) is 5.06. The van der Waals surface area contributed by atoms with Crippen molar-refractivity contribution in [2.75, 3.05) is 6.61 Å². The Morgan fingerprint density at radius 1 is 1.39 bits per heavy atom. The number of carbonyl (C=O) groups is 2. The highest BCUT2D eigenvalue weighted by atomic mass is 79.9. The van der Waals surface area contributed by atoms with E-state index in [9.17, 15) is 9.59 Å². The second-order valence-electron chi connectivity index (χ2n) is 4.14. The molecule has 0 spiro atoms. The Balaban J connectivity index is 2.86. The van der Waals surface area contributed by atoms with Crippen LogP contribution in [0, 0.1) is 6.92 Å². The fourth-order valence-electron chi connectivity index (χ4n) is 1.68. The van der Waals surface area contributed by atoms with Gasteiger partial charge in [-0.15, -0.1) is 0 Å². The zero-order valence-electron chi connectivity index (χ0n) is 10.8. The molecule has 0 heterocycles. The van der Waals surface area contributed by atoms with Crippen LogP contribution < -0.4 is 0 Å². The number of ketones is 1. The second kappa shape index (κ2) is 6.69. The minimum Gasteiger partial charge on any atom is -0.466 e. The Bertz CT molecular complexity index is 454. The molecule has 98 valence electrons. The van der Waals surface area contributed by atoms with Crippen LogP contribution in [0.3, 0.4) is 0 Å². The summed E-state index contributed by atoms with van der Waals surface area (Å²) in [5.74, 6) is -0.164. The molecule has 18 heavy (non-hydrogen) atoms. The smallest absolute Gasteiger partial charge is 0.310 e. The fraction of sp³-hybridized carbons (Fsp3) is 0.429. The molecule has 0 N–H and O–H groups in total. The van der Waals surface area contributed by atoms with E-state index in [0.717, 1.165) is 16.7 Å². The Morgan fingerprint density at radius 3 is 2.56 bits per heavy atom. The molecule has 0 bridgehead atoms. The number of hydrogen-bond donors (Lipinski definition) is 0. The number of halogens is 1. The highest BCUT2D eigenvalue weighted by Crippen LogP contribution is 2.25. The van der Waals surface area contributed by atoms with Crippen molar-refractivity contribution in [1.29, 1.82) is 0 Å². The van der Waals surface area contributed by atoms with Gasteiger partial charge in [-0.1, -0.05) is 34.1 Å². The first-order valence-electron chi connectivity index (χ1n) is 5.85. The normalized spacial score (nSPS) is 12.0. The van der Waals surface area contributed by atoms with Crippen LogP contribution in [-0.2, 0) is 20.7 Å². The number of ether oxygens (including phenoxy) is 1. The Morgan fingerprint density at radius 2 is 2.06 bits per heavy atom. The monoisotopic (exact) mass is 312 g/mol. The first-order chi connectivity index (χ1) is 8.45. The van der Waals surface area contributed by atoms with Gasteiger partial charge in [0.05, 0.1) is 17.9 Å². The van der Waals surface area contributed by atoms with Crippen LogP contribution >= 0.6 is 15.9 Å². The third-order valence-electron chi connectivity index (χ3n) is 2.66. The topological polar surface area (TPSA) is 43.4 Å². The molecule has 1 rings (SSSR count). The molecule has 1 unspecified atom stereocenters. The molecule has 1 atom stereocenters. The predicted molar refractivity (Wildman–Crippen MR) is 73.9 cm³/mol. The number of Topliss-reactive ketones (excluding diaryl/α,β-unsaturated/α-hetero) is 1. The minimum atomic E-state index is -0.284. The lowest BCUT2D eigenvalue weighted by molar-refractivity contribution is -0.142. The molecule has 0 aliphatic rings. The lowest BCUT2D eigenvalue weighted by atomic mass is 10.00. The van der Waals surface area contributed by atoms with Gasteiger partial charge in [-0.05, 0) is 37.5 Å². The minimum absolute atomic E-state index is 0.0625. The molecule has 0 aliphatic heterocycles. The molecule has 1 aromatic rings. The van der Waals surface area contributed by atoms with Crippen LogP contribution in [-0.4, -0.2) is 18.4 Å². The molecule has 3 nitrogen and oxygen atoms in total. The van der Waals surface area contributed by atoms with Crippen molar-refractivity contribution in [3.63, 3.8) is 0 Å². The van der Waals surface area contributed by atoms with Gasteiger partial charge < -0.3 is 4.74 Å². The average Bonchev–Trinajstić information content (AvgIpc) is 2.31. The van der Waals surface area contributed by atoms with E-state index in [-0.39, 0.29) is 23.0 Å². The van der Waals surface area contributed by atoms with E-state index in [2.05, 4.69) is 15.9 Å². The standard InChI is InChI=1S/C14H17BrO3/c1-4-18-13(17)8-11-5-6-12(7-9(11)2)14(15)10(3)16/h5-7,14H,4,8H2,1-3H3. The van der Waals surface area contributed by atoms with Crippen molar-refractivity contribution in [2.45, 2.75) is 32.0 Å². The van der Waals surface area contributed by atoms with Gasteiger partial charge in [0.1, 0.15) is 5.78 Å². The van der Waals surface area contributed by atoms with Gasteiger partial charge in [0.25, 0.3) is 0 Å². The van der Waals surface area contributed by atoms with E-state index in [0.29, 0.717) is 6.61 Å². The van der Waals surface area contributed by atoms with Crippen molar-refractivity contribution >= 4 is 27.7 Å². The van der Waals surface area contributed by atoms with Gasteiger partial charge in [0, 0.05) is 0 Å². The number of esters is 1. The first kappa shape index (κ1) is 14.9. The van der Waals surface area contributed by atoms with E-state index in [1.165, 1.54) is 0 Å². The Hall–Kier alpha value is -1.16. The van der Waals surface area contributed by atoms with Gasteiger partial charge in [0.15, 0.2) is 0 Å². The fourth-order valence-corrected chi connectivity index (χ4v) is 1.96. The lowest BCUT2D eigenvalue weighted by Gasteiger charge is -2.11. The number of aryl methyl sites for hydroxylation is 1. The predicted octanol–water partition coefficient (Wildman–Crippen LogP) is 3.13. The maximum atomic E-state index is 11.4. The summed E-state index contributed by atoms with van der Waals surface area (Å²) in [5.41, 5.74) is 2.83. The van der Waals surface area contributed by atoms with E-state index in [1.54, 1.807) is 13.8 Å². The molecule has 0 aromatic heterocycles. The van der Waals surface area contributed by atoms with Crippen molar-refractivity contribution in [1.82, 2.24) is 0 Å². The first-order valence-corrected chi connectivity index (χ1v) is 6.76. The highest BCUT2D eigenvalue weighted by molar-refractivity contribution is 9.09. The van der Waals surface area contributed by atoms with Crippen LogP contribution in [0.1, 0.15) is 35.4 Å². The van der Waals surface area contributed by atoms with Gasteiger partial charge in [-0.25, -0.2) is 0 Å². The maximum Gasteiger partial charge on any atom is 0.310 e. The molecular weight excluding hydrogens is 296 g/mol. The van der Waals surface area contributed by atoms with Crippen molar-refractivity contribution in [3.05, 3.63) is 34.9 Å². The Kier molecular flexibility index (Phi) is 5.54. The third kappa shape index (κ3) is 3.95. The molecule has 0 aliphatic carbocycles. The van der Waals surface area contributed by atoms with Crippen LogP contribution in [0.5, 0.6) is 0 Å². The van der Waals surface area contributed by atoms with E-state index in [4.69, 9.17) is 4.74 Å². The molecular formula is C14H17BrO3. The van der Waals surface area contributed by atoms with Crippen molar-refractivity contribution in [2.24, 2.45) is 0 Å². The third-order valence-corrected chi connectivity index (χ3v) is 3.83. The zero-order valence-corrected chi connectivity index (χ0v) is 12.4. The summed E-state index contributed by atoms with van der Waals surface area (Å²) in [6.07, 6.45) is 0.271. The molecule has 0 radical (unpaired) electrons. The summed E-state index contributed by atoms with van der Waals surface area (Å²) in [7, 11) is 0. The summed E-state index contributed by atoms with van der Waals surface area (Å²) in [4.78, 5) is 22.4. The Labute approximate surface area is 116 Å². The lowest BCUT2D eigenvalue weighted by Crippen LogP contribution is -2.09. The summed E-state index contributed by atoms with van der Waals surface area (Å²) < 4.78 is 4.91. The molecule has 0 saturated carbocycles. The number of benzene rings is 1. The maximum absolute atomic E-state index is 11.4. The van der Waals surface area contributed by atoms with E-state index >= 15 is 0 Å². The summed E-state index contributed by atoms with van der Waals surface area (Å²) in [6.45, 7) is 5.65. The number of hydrogen-bond acceptors (Lipinski definition) is 3. The number of alkyl halides is 1. The SMILES string of the molecule is CCOC(=O)Cc1ccc(C(Br)C(C)=O)cc1C. The molecule has 0 fully saturated rings. The van der Waals surface area contributed by atoms with Crippen LogP contribution in [0.25, 0.3) is 0 Å². The average molecular weight is 313 g/mol. The van der Waals surface area contributed by atoms with Gasteiger partial charge in [-0.2, -0.15) is 0 Å². The van der Waals surface area contributed by atoms with Crippen LogP contribution in [0.2, 0.25) is 0 Å². The molecule has 0 saturated heterocycles. The zero-order chi connectivity index (χ0) is 13.7. The van der Waals surface area contributed by atoms with E-state index < -0.39 is 0 Å². The number of carbonyl (C=O) groups excluding carboxylic acids is 2. The van der Waals surface area contributed by atoms with Crippen molar-refractivity contribution < 1.29 is 14.3 Å². The van der Waals surface area contributed by atoms with Gasteiger partial charge >= 0.3 is 5.97 Å². The summed E-state index contributed by atoms with van der Waals surface area (Å²) in [6, 6.07) is 5.66. The largest absolute Gasteiger partial charge is 0.466 e.